The molecular formula is C29H27NO4. The van der Waals surface area contributed by atoms with E-state index in [0.717, 1.165) is 51.1 Å². The zero-order valence-electron chi connectivity index (χ0n) is 19.2. The summed E-state index contributed by atoms with van der Waals surface area (Å²) >= 11 is 0. The Labute approximate surface area is 199 Å². The van der Waals surface area contributed by atoms with Crippen LogP contribution >= 0.6 is 0 Å². The van der Waals surface area contributed by atoms with Gasteiger partial charge in [-0.25, -0.2) is 4.79 Å². The molecule has 0 aliphatic heterocycles. The predicted octanol–water partition coefficient (Wildman–Crippen LogP) is 6.53. The van der Waals surface area contributed by atoms with Crippen LogP contribution in [0.4, 0.5) is 4.79 Å². The van der Waals surface area contributed by atoms with Crippen LogP contribution in [0, 0.1) is 0 Å². The number of nitrogens with one attached hydrogen (secondary N) is 1. The Hall–Kier alpha value is -4.12. The third kappa shape index (κ3) is 5.44. The third-order valence-corrected chi connectivity index (χ3v) is 5.96. The number of carbonyl (C=O) groups excluding carboxylic acids is 1. The van der Waals surface area contributed by atoms with E-state index >= 15 is 0 Å². The molecule has 172 valence electrons. The molecule has 5 heteroatoms. The van der Waals surface area contributed by atoms with Crippen LogP contribution in [0.15, 0.2) is 96.2 Å². The molecule has 3 aromatic carbocycles. The molecule has 0 spiro atoms. The van der Waals surface area contributed by atoms with Crippen molar-refractivity contribution in [1.82, 2.24) is 5.32 Å². The number of benzene rings is 3. The summed E-state index contributed by atoms with van der Waals surface area (Å²) < 4.78 is 5.59. The second-order valence-electron chi connectivity index (χ2n) is 8.37. The highest BCUT2D eigenvalue weighted by Crippen LogP contribution is 2.33. The zero-order valence-corrected chi connectivity index (χ0v) is 19.2. The van der Waals surface area contributed by atoms with E-state index in [1.54, 1.807) is 0 Å². The van der Waals surface area contributed by atoms with E-state index in [4.69, 9.17) is 9.84 Å². The Morgan fingerprint density at radius 2 is 1.50 bits per heavy atom. The van der Waals surface area contributed by atoms with Crippen molar-refractivity contribution >= 4 is 17.6 Å². The minimum absolute atomic E-state index is 0.0159. The molecule has 1 aliphatic carbocycles. The van der Waals surface area contributed by atoms with Crippen molar-refractivity contribution in [3.8, 4) is 11.1 Å². The van der Waals surface area contributed by atoms with Crippen molar-refractivity contribution in [3.63, 3.8) is 0 Å². The number of alkyl carbamates (subject to hydrolysis) is 1. The quantitative estimate of drug-likeness (QED) is 0.426. The van der Waals surface area contributed by atoms with Crippen LogP contribution in [0.5, 0.6) is 0 Å². The Morgan fingerprint density at radius 3 is 2.12 bits per heavy atom. The first-order valence-electron chi connectivity index (χ1n) is 11.2. The summed E-state index contributed by atoms with van der Waals surface area (Å²) in [6.07, 6.45) is 2.02. The minimum atomic E-state index is -0.839. The van der Waals surface area contributed by atoms with Gasteiger partial charge in [-0.1, -0.05) is 84.9 Å². The van der Waals surface area contributed by atoms with Crippen LogP contribution in [0.1, 0.15) is 43.1 Å². The number of carboxylic acids is 1. The highest BCUT2D eigenvalue weighted by molar-refractivity contribution is 5.83. The maximum atomic E-state index is 12.6. The van der Waals surface area contributed by atoms with Gasteiger partial charge in [0.2, 0.25) is 0 Å². The molecule has 0 saturated heterocycles. The van der Waals surface area contributed by atoms with E-state index < -0.39 is 12.1 Å². The monoisotopic (exact) mass is 453 g/mol. The molecule has 0 aromatic heterocycles. The number of carbonyl (C=O) groups is 2. The van der Waals surface area contributed by atoms with Crippen LogP contribution in [0.2, 0.25) is 0 Å². The van der Waals surface area contributed by atoms with Gasteiger partial charge in [0.15, 0.2) is 0 Å². The Kier molecular flexibility index (Phi) is 6.93. The van der Waals surface area contributed by atoms with Gasteiger partial charge < -0.3 is 9.84 Å². The molecule has 1 unspecified atom stereocenters. The van der Waals surface area contributed by atoms with E-state index in [1.807, 2.05) is 92.7 Å². The summed E-state index contributed by atoms with van der Waals surface area (Å²) in [6, 6.07) is 25.4. The van der Waals surface area contributed by atoms with Crippen molar-refractivity contribution < 1.29 is 19.4 Å². The largest absolute Gasteiger partial charge is 0.481 e. The number of carboxylic acid groups (broad SMARTS) is 1. The minimum Gasteiger partial charge on any atom is -0.481 e. The molecule has 1 aliphatic rings. The lowest BCUT2D eigenvalue weighted by Gasteiger charge is -2.16. The maximum absolute atomic E-state index is 12.6. The van der Waals surface area contributed by atoms with Gasteiger partial charge in [0.25, 0.3) is 0 Å². The molecule has 5 nitrogen and oxygen atoms in total. The summed E-state index contributed by atoms with van der Waals surface area (Å²) in [5, 5.41) is 11.9. The number of allylic oxidation sites excluding steroid dienone is 3. The van der Waals surface area contributed by atoms with Gasteiger partial charge in [-0.2, -0.15) is 0 Å². The van der Waals surface area contributed by atoms with Gasteiger partial charge in [-0.05, 0) is 59.2 Å². The fourth-order valence-electron chi connectivity index (χ4n) is 4.07. The number of ether oxygens (including phenoxy) is 1. The highest BCUT2D eigenvalue weighted by atomic mass is 16.6. The fraction of sp³-hybridized carbons (Fsp3) is 0.172. The lowest BCUT2D eigenvalue weighted by atomic mass is 9.98. The van der Waals surface area contributed by atoms with Crippen molar-refractivity contribution in [2.75, 3.05) is 0 Å². The van der Waals surface area contributed by atoms with E-state index in [9.17, 15) is 9.59 Å². The van der Waals surface area contributed by atoms with Crippen LogP contribution < -0.4 is 5.32 Å². The number of hydrogen-bond acceptors (Lipinski definition) is 3. The normalized spacial score (nSPS) is 13.9. The van der Waals surface area contributed by atoms with Crippen LogP contribution in [0.3, 0.4) is 0 Å². The standard InChI is InChI=1S/C29H27NO4/c1-19-8-17-26(28(19)30-29(33)34-20(2)22-6-4-3-5-7-22)25-15-13-24(14-16-25)23-11-9-21(10-12-23)18-27(31)32/h3-16,20H,17-18H2,1-2H3,(H,30,33)(H,31,32). The van der Waals surface area contributed by atoms with E-state index in [0.29, 0.717) is 0 Å². The van der Waals surface area contributed by atoms with Gasteiger partial charge in [0.1, 0.15) is 6.10 Å². The molecule has 0 fully saturated rings. The molecule has 2 N–H and O–H groups in total. The second-order valence-corrected chi connectivity index (χ2v) is 8.37. The molecule has 0 bridgehead atoms. The molecule has 3 aromatic rings. The van der Waals surface area contributed by atoms with Crippen molar-refractivity contribution in [2.24, 2.45) is 0 Å². The van der Waals surface area contributed by atoms with Gasteiger partial charge in [-0.3, -0.25) is 10.1 Å². The molecule has 34 heavy (non-hydrogen) atoms. The summed E-state index contributed by atoms with van der Waals surface area (Å²) in [5.41, 5.74) is 7.66. The predicted molar refractivity (Wildman–Crippen MR) is 133 cm³/mol. The van der Waals surface area contributed by atoms with Crippen LogP contribution in [-0.4, -0.2) is 17.2 Å². The van der Waals surface area contributed by atoms with Gasteiger partial charge in [-0.15, -0.1) is 0 Å². The Balaban J connectivity index is 1.48. The number of amides is 1. The van der Waals surface area contributed by atoms with E-state index in [1.165, 1.54) is 0 Å². The topological polar surface area (TPSA) is 75.6 Å². The molecule has 4 rings (SSSR count). The summed E-state index contributed by atoms with van der Waals surface area (Å²) in [6.45, 7) is 3.84. The average Bonchev–Trinajstić information content (AvgIpc) is 3.19. The fourth-order valence-corrected chi connectivity index (χ4v) is 4.07. The zero-order chi connectivity index (χ0) is 24.1. The van der Waals surface area contributed by atoms with E-state index in [-0.39, 0.29) is 12.5 Å². The average molecular weight is 454 g/mol. The van der Waals surface area contributed by atoms with Crippen LogP contribution in [0.25, 0.3) is 16.7 Å². The maximum Gasteiger partial charge on any atom is 0.412 e. The molecule has 1 amide bonds. The first-order valence-corrected chi connectivity index (χ1v) is 11.2. The summed E-state index contributed by atoms with van der Waals surface area (Å²) in [7, 11) is 0. The number of rotatable bonds is 7. The van der Waals surface area contributed by atoms with Gasteiger partial charge in [0, 0.05) is 0 Å². The highest BCUT2D eigenvalue weighted by Gasteiger charge is 2.20. The molecule has 0 radical (unpaired) electrons. The van der Waals surface area contributed by atoms with Crippen LogP contribution in [-0.2, 0) is 16.0 Å². The first-order chi connectivity index (χ1) is 16.4. The molecule has 0 heterocycles. The van der Waals surface area contributed by atoms with Crippen molar-refractivity contribution in [1.29, 1.82) is 0 Å². The summed E-state index contributed by atoms with van der Waals surface area (Å²) in [5.74, 6) is -0.839. The Bertz CT molecular complexity index is 1240. The molecule has 0 saturated carbocycles. The van der Waals surface area contributed by atoms with Crippen molar-refractivity contribution in [2.45, 2.75) is 32.8 Å². The van der Waals surface area contributed by atoms with Crippen molar-refractivity contribution in [3.05, 3.63) is 113 Å². The summed E-state index contributed by atoms with van der Waals surface area (Å²) in [4.78, 5) is 23.5. The van der Waals surface area contributed by atoms with E-state index in [2.05, 4.69) is 11.4 Å². The SMILES string of the molecule is CC1=CCC(c2ccc(-c3ccc(CC(=O)O)cc3)cc2)=C1NC(=O)OC(C)c1ccccc1. The number of hydrogen-bond donors (Lipinski definition) is 2. The lowest BCUT2D eigenvalue weighted by Crippen LogP contribution is -2.25. The smallest absolute Gasteiger partial charge is 0.412 e. The first kappa shape index (κ1) is 23.1. The van der Waals surface area contributed by atoms with Gasteiger partial charge >= 0.3 is 12.1 Å². The number of aliphatic carboxylic acids is 1. The third-order valence-electron chi connectivity index (χ3n) is 5.96. The van der Waals surface area contributed by atoms with Gasteiger partial charge in [0.05, 0.1) is 12.1 Å². The molecular weight excluding hydrogens is 426 g/mol. The second kappa shape index (κ2) is 10.2. The lowest BCUT2D eigenvalue weighted by molar-refractivity contribution is -0.136. The Morgan fingerprint density at radius 1 is 0.912 bits per heavy atom. The molecule has 1 atom stereocenters.